The third-order valence-electron chi connectivity index (χ3n) is 2.90. The maximum Gasteiger partial charge on any atom is 0.127 e. The summed E-state index contributed by atoms with van der Waals surface area (Å²) in [6.45, 7) is 1.75. The Kier molecular flexibility index (Phi) is 3.88. The summed E-state index contributed by atoms with van der Waals surface area (Å²) in [4.78, 5) is 1.90. The fourth-order valence-electron chi connectivity index (χ4n) is 1.94. The Labute approximate surface area is 104 Å². The van der Waals surface area contributed by atoms with E-state index in [9.17, 15) is 8.78 Å². The topological polar surface area (TPSA) is 62.3 Å². The molecule has 1 aromatic rings. The van der Waals surface area contributed by atoms with Gasteiger partial charge in [-0.1, -0.05) is 0 Å². The number of rotatable bonds is 3. The number of halogens is 2. The molecule has 0 aromatic heterocycles. The molecule has 0 bridgehead atoms. The fourth-order valence-corrected chi connectivity index (χ4v) is 1.94. The molecular formula is C12H15F2N3O. The predicted octanol–water partition coefficient (Wildman–Crippen LogP) is 1.10. The third kappa shape index (κ3) is 3.02. The lowest BCUT2D eigenvalue weighted by atomic mass is 10.1. The largest absolute Gasteiger partial charge is 0.385 e. The van der Waals surface area contributed by atoms with Gasteiger partial charge in [-0.05, 0) is 18.2 Å². The molecule has 6 heteroatoms. The van der Waals surface area contributed by atoms with Crippen LogP contribution < -0.4 is 5.73 Å². The second-order valence-electron chi connectivity index (χ2n) is 4.29. The summed E-state index contributed by atoms with van der Waals surface area (Å²) in [6.07, 6.45) is -0.463. The average molecular weight is 255 g/mol. The van der Waals surface area contributed by atoms with Crippen molar-refractivity contribution >= 4 is 5.84 Å². The highest BCUT2D eigenvalue weighted by Crippen LogP contribution is 2.14. The van der Waals surface area contributed by atoms with Crippen molar-refractivity contribution in [2.24, 2.45) is 5.73 Å². The molecule has 1 heterocycles. The van der Waals surface area contributed by atoms with Crippen molar-refractivity contribution in [2.45, 2.75) is 12.6 Å². The number of ether oxygens (including phenoxy) is 1. The first kappa shape index (κ1) is 12.9. The maximum absolute atomic E-state index is 13.5. The standard InChI is InChI=1S/C12H15F2N3O/c13-9-1-2-10(14)8(5-9)6-17-3-4-18-11(7-17)12(15)16/h1-2,5,11H,3-4,6-7H2,(H3,15,16). The molecular weight excluding hydrogens is 240 g/mol. The Morgan fingerprint density at radius 3 is 3.00 bits per heavy atom. The van der Waals surface area contributed by atoms with E-state index in [2.05, 4.69) is 0 Å². The lowest BCUT2D eigenvalue weighted by Gasteiger charge is -2.32. The van der Waals surface area contributed by atoms with Crippen LogP contribution in [0.25, 0.3) is 0 Å². The van der Waals surface area contributed by atoms with Crippen LogP contribution in [0, 0.1) is 17.0 Å². The third-order valence-corrected chi connectivity index (χ3v) is 2.90. The minimum absolute atomic E-state index is 0.0422. The average Bonchev–Trinajstić information content (AvgIpc) is 2.34. The van der Waals surface area contributed by atoms with Gasteiger partial charge in [0.1, 0.15) is 23.6 Å². The molecule has 0 spiro atoms. The number of hydrogen-bond acceptors (Lipinski definition) is 3. The summed E-state index contributed by atoms with van der Waals surface area (Å²) in [5, 5.41) is 7.33. The number of amidine groups is 1. The van der Waals surface area contributed by atoms with E-state index in [-0.39, 0.29) is 12.4 Å². The van der Waals surface area contributed by atoms with Crippen LogP contribution in [0.2, 0.25) is 0 Å². The van der Waals surface area contributed by atoms with Crippen molar-refractivity contribution in [1.82, 2.24) is 4.90 Å². The molecule has 0 amide bonds. The normalized spacial score (nSPS) is 20.9. The monoisotopic (exact) mass is 255 g/mol. The van der Waals surface area contributed by atoms with Crippen molar-refractivity contribution in [3.63, 3.8) is 0 Å². The van der Waals surface area contributed by atoms with Crippen LogP contribution >= 0.6 is 0 Å². The smallest absolute Gasteiger partial charge is 0.127 e. The molecule has 98 valence electrons. The highest BCUT2D eigenvalue weighted by molar-refractivity contribution is 5.82. The second kappa shape index (κ2) is 5.41. The molecule has 0 radical (unpaired) electrons. The van der Waals surface area contributed by atoms with Gasteiger partial charge in [-0.3, -0.25) is 10.3 Å². The van der Waals surface area contributed by atoms with Gasteiger partial charge < -0.3 is 10.5 Å². The highest BCUT2D eigenvalue weighted by Gasteiger charge is 2.23. The maximum atomic E-state index is 13.5. The van der Waals surface area contributed by atoms with Gasteiger partial charge >= 0.3 is 0 Å². The Balaban J connectivity index is 2.04. The summed E-state index contributed by atoms with van der Waals surface area (Å²) in [5.41, 5.74) is 5.68. The number of hydrogen-bond donors (Lipinski definition) is 2. The molecule has 0 aliphatic carbocycles. The van der Waals surface area contributed by atoms with E-state index in [0.717, 1.165) is 12.1 Å². The van der Waals surface area contributed by atoms with Gasteiger partial charge in [-0.2, -0.15) is 0 Å². The molecule has 2 rings (SSSR count). The summed E-state index contributed by atoms with van der Waals surface area (Å²) in [6, 6.07) is 3.40. The number of benzene rings is 1. The summed E-state index contributed by atoms with van der Waals surface area (Å²) in [5.74, 6) is -0.926. The van der Waals surface area contributed by atoms with E-state index in [4.69, 9.17) is 15.9 Å². The molecule has 18 heavy (non-hydrogen) atoms. The zero-order valence-corrected chi connectivity index (χ0v) is 9.83. The second-order valence-corrected chi connectivity index (χ2v) is 4.29. The quantitative estimate of drug-likeness (QED) is 0.628. The van der Waals surface area contributed by atoms with Crippen LogP contribution in [0.15, 0.2) is 18.2 Å². The lowest BCUT2D eigenvalue weighted by Crippen LogP contribution is -2.47. The van der Waals surface area contributed by atoms with Gasteiger partial charge in [0.05, 0.1) is 6.61 Å². The van der Waals surface area contributed by atoms with Crippen molar-refractivity contribution < 1.29 is 13.5 Å². The van der Waals surface area contributed by atoms with Gasteiger partial charge in [0.25, 0.3) is 0 Å². The summed E-state index contributed by atoms with van der Waals surface area (Å²) in [7, 11) is 0. The molecule has 4 nitrogen and oxygen atoms in total. The molecule has 1 aliphatic heterocycles. The Hall–Kier alpha value is -1.53. The number of morpholine rings is 1. The van der Waals surface area contributed by atoms with Gasteiger partial charge in [0, 0.05) is 25.2 Å². The molecule has 1 saturated heterocycles. The summed E-state index contributed by atoms with van der Waals surface area (Å²) >= 11 is 0. The minimum atomic E-state index is -0.463. The first-order valence-electron chi connectivity index (χ1n) is 5.68. The zero-order chi connectivity index (χ0) is 13.1. The number of nitrogens with two attached hydrogens (primary N) is 1. The van der Waals surface area contributed by atoms with Crippen molar-refractivity contribution in [3.8, 4) is 0 Å². The molecule has 1 unspecified atom stereocenters. The molecule has 1 aliphatic rings. The van der Waals surface area contributed by atoms with E-state index in [0.29, 0.717) is 25.3 Å². The first-order valence-corrected chi connectivity index (χ1v) is 5.68. The minimum Gasteiger partial charge on any atom is -0.385 e. The first-order chi connectivity index (χ1) is 8.56. The number of nitrogens with zero attached hydrogens (tertiary/aromatic N) is 1. The van der Waals surface area contributed by atoms with Crippen LogP contribution in [0.3, 0.4) is 0 Å². The van der Waals surface area contributed by atoms with Crippen LogP contribution in [0.1, 0.15) is 5.56 Å². The van der Waals surface area contributed by atoms with Gasteiger partial charge in [-0.15, -0.1) is 0 Å². The van der Waals surface area contributed by atoms with E-state index in [1.807, 2.05) is 4.90 Å². The van der Waals surface area contributed by atoms with E-state index in [1.165, 1.54) is 6.07 Å². The molecule has 3 N–H and O–H groups in total. The number of nitrogens with one attached hydrogen (secondary N) is 1. The highest BCUT2D eigenvalue weighted by atomic mass is 19.1. The van der Waals surface area contributed by atoms with Crippen LogP contribution in [0.4, 0.5) is 8.78 Å². The van der Waals surface area contributed by atoms with Crippen LogP contribution in [0.5, 0.6) is 0 Å². The molecule has 1 atom stereocenters. The van der Waals surface area contributed by atoms with Crippen LogP contribution in [-0.4, -0.2) is 36.5 Å². The van der Waals surface area contributed by atoms with E-state index >= 15 is 0 Å². The SMILES string of the molecule is N=C(N)C1CN(Cc2cc(F)ccc2F)CCO1. The van der Waals surface area contributed by atoms with E-state index < -0.39 is 17.7 Å². The van der Waals surface area contributed by atoms with Crippen molar-refractivity contribution in [2.75, 3.05) is 19.7 Å². The molecule has 1 fully saturated rings. The zero-order valence-electron chi connectivity index (χ0n) is 9.83. The molecule has 0 saturated carbocycles. The van der Waals surface area contributed by atoms with Crippen molar-refractivity contribution in [3.05, 3.63) is 35.4 Å². The predicted molar refractivity (Wildman–Crippen MR) is 63.3 cm³/mol. The summed E-state index contributed by atoms with van der Waals surface area (Å²) < 4.78 is 31.8. The molecule has 1 aromatic carbocycles. The lowest BCUT2D eigenvalue weighted by molar-refractivity contribution is 0.00197. The Morgan fingerprint density at radius 1 is 1.50 bits per heavy atom. The van der Waals surface area contributed by atoms with E-state index in [1.54, 1.807) is 0 Å². The van der Waals surface area contributed by atoms with Gasteiger partial charge in [0.2, 0.25) is 0 Å². The fraction of sp³-hybridized carbons (Fsp3) is 0.417. The van der Waals surface area contributed by atoms with Gasteiger partial charge in [-0.25, -0.2) is 8.78 Å². The van der Waals surface area contributed by atoms with Crippen molar-refractivity contribution in [1.29, 1.82) is 5.41 Å². The van der Waals surface area contributed by atoms with Gasteiger partial charge in [0.15, 0.2) is 0 Å². The van der Waals surface area contributed by atoms with Crippen LogP contribution in [-0.2, 0) is 11.3 Å². The Morgan fingerprint density at radius 2 is 2.28 bits per heavy atom. The Bertz CT molecular complexity index is 453.